The number of nitrogens with one attached hydrogen (secondary N) is 1. The SMILES string of the molecule is C#Cc1c(F)ccc2cc(O)cc(-c3c(F)c4nc(OCC5(CN6CC/C(=C/F)C6)CC5)nc(N5C[C@H]6CC[C@@H](C5)N6)c4c4cn(C)nc34)c12. The second kappa shape index (κ2) is 11.6. The van der Waals surface area contributed by atoms with Gasteiger partial charge in [0.15, 0.2) is 5.82 Å². The minimum atomic E-state index is -0.694. The van der Waals surface area contributed by atoms with E-state index in [2.05, 4.69) is 21.0 Å². The zero-order valence-corrected chi connectivity index (χ0v) is 27.6. The van der Waals surface area contributed by atoms with E-state index in [1.165, 1.54) is 24.3 Å². The molecule has 2 N–H and O–H groups in total. The largest absolute Gasteiger partial charge is 0.508 e. The number of rotatable bonds is 7. The van der Waals surface area contributed by atoms with E-state index in [0.717, 1.165) is 50.8 Å². The van der Waals surface area contributed by atoms with E-state index >= 15 is 8.78 Å². The number of piperazine rings is 1. The van der Waals surface area contributed by atoms with E-state index in [4.69, 9.17) is 26.2 Å². The van der Waals surface area contributed by atoms with Crippen molar-refractivity contribution in [3.8, 4) is 35.2 Å². The molecule has 0 spiro atoms. The number of halogens is 3. The van der Waals surface area contributed by atoms with Gasteiger partial charge in [0.25, 0.3) is 0 Å². The van der Waals surface area contributed by atoms with Gasteiger partial charge in [-0.25, -0.2) is 13.2 Å². The lowest BCUT2D eigenvalue weighted by Gasteiger charge is -2.34. The molecule has 9 rings (SSSR count). The van der Waals surface area contributed by atoms with Crippen LogP contribution in [0.25, 0.3) is 43.7 Å². The van der Waals surface area contributed by atoms with Crippen molar-refractivity contribution < 1.29 is 23.0 Å². The lowest BCUT2D eigenvalue weighted by molar-refractivity contribution is 0.171. The van der Waals surface area contributed by atoms with E-state index < -0.39 is 11.6 Å². The lowest BCUT2D eigenvalue weighted by atomic mass is 9.91. The maximum Gasteiger partial charge on any atom is 0.319 e. The molecule has 1 saturated carbocycles. The van der Waals surface area contributed by atoms with Crippen LogP contribution in [0.3, 0.4) is 0 Å². The fraction of sp³-hybridized carbons (Fsp3) is 0.395. The Morgan fingerprint density at radius 3 is 2.64 bits per heavy atom. The zero-order chi connectivity index (χ0) is 34.3. The number of aromatic hydroxyl groups is 1. The highest BCUT2D eigenvalue weighted by atomic mass is 19.1. The van der Waals surface area contributed by atoms with Crippen LogP contribution < -0.4 is 15.0 Å². The number of hydrogen-bond donors (Lipinski definition) is 2. The molecule has 5 heterocycles. The average molecular weight is 680 g/mol. The van der Waals surface area contributed by atoms with Crippen molar-refractivity contribution in [3.05, 3.63) is 59.6 Å². The summed E-state index contributed by atoms with van der Waals surface area (Å²) in [6, 6.07) is 6.26. The van der Waals surface area contributed by atoms with E-state index in [1.807, 2.05) is 6.20 Å². The summed E-state index contributed by atoms with van der Waals surface area (Å²) in [5.74, 6) is 1.56. The summed E-state index contributed by atoms with van der Waals surface area (Å²) < 4.78 is 53.8. The third-order valence-electron chi connectivity index (χ3n) is 11.0. The molecule has 4 fully saturated rings. The van der Waals surface area contributed by atoms with Crippen LogP contribution in [0, 0.1) is 29.4 Å². The number of hydrogen-bond acceptors (Lipinski definition) is 8. The van der Waals surface area contributed by atoms with Gasteiger partial charge in [-0.15, -0.1) is 6.42 Å². The molecule has 0 radical (unpaired) electrons. The van der Waals surface area contributed by atoms with Gasteiger partial charge >= 0.3 is 6.01 Å². The highest BCUT2D eigenvalue weighted by Gasteiger charge is 2.46. The number of anilines is 1. The van der Waals surface area contributed by atoms with Crippen LogP contribution in [0.2, 0.25) is 0 Å². The van der Waals surface area contributed by atoms with E-state index in [-0.39, 0.29) is 51.5 Å². The smallest absolute Gasteiger partial charge is 0.319 e. The maximum absolute atomic E-state index is 17.5. The number of terminal acetylenes is 1. The van der Waals surface area contributed by atoms with Crippen molar-refractivity contribution in [2.24, 2.45) is 12.5 Å². The highest BCUT2D eigenvalue weighted by Crippen LogP contribution is 2.48. The molecule has 2 bridgehead atoms. The summed E-state index contributed by atoms with van der Waals surface area (Å²) in [5, 5.41) is 21.1. The number of aryl methyl sites for hydroxylation is 1. The van der Waals surface area contributed by atoms with Crippen molar-refractivity contribution in [2.75, 3.05) is 44.2 Å². The molecular weight excluding hydrogens is 643 g/mol. The van der Waals surface area contributed by atoms with Gasteiger partial charge < -0.3 is 20.1 Å². The fourth-order valence-electron chi connectivity index (χ4n) is 8.37. The van der Waals surface area contributed by atoms with Crippen molar-refractivity contribution in [2.45, 2.75) is 44.2 Å². The van der Waals surface area contributed by atoms with Crippen molar-refractivity contribution in [3.63, 3.8) is 0 Å². The van der Waals surface area contributed by atoms with Crippen LogP contribution in [0.1, 0.15) is 37.7 Å². The van der Waals surface area contributed by atoms with Crippen LogP contribution in [0.4, 0.5) is 19.0 Å². The predicted molar refractivity (Wildman–Crippen MR) is 186 cm³/mol. The second-order valence-electron chi connectivity index (χ2n) is 14.5. The first kappa shape index (κ1) is 31.1. The molecule has 2 atom stereocenters. The van der Waals surface area contributed by atoms with Gasteiger partial charge in [-0.1, -0.05) is 12.0 Å². The molecule has 12 heteroatoms. The standard InChI is InChI=1S/C38H36F3N7O2/c1-3-26-29(40)7-4-22-12-25(49)13-27(30(22)26)31-33(41)35-32(28-18-46(2)45-34(28)31)36(48-16-23-5-6-24(17-48)42-23)44-37(43-35)50-20-38(9-10-38)19-47-11-8-21(14-39)15-47/h1,4,7,12-14,18,23-24,42,49H,5-6,8-11,15-17,19-20H2,2H3/b21-14-/t23-,24+. The Labute approximate surface area is 286 Å². The number of likely N-dealkylation sites (tertiary alicyclic amines) is 1. The van der Waals surface area contributed by atoms with Gasteiger partial charge in [0.05, 0.1) is 23.9 Å². The molecular formula is C38H36F3N7O2. The van der Waals surface area contributed by atoms with Gasteiger partial charge in [-0.05, 0) is 66.8 Å². The first-order valence-corrected chi connectivity index (χ1v) is 17.2. The molecule has 3 aliphatic heterocycles. The summed E-state index contributed by atoms with van der Waals surface area (Å²) in [6.45, 7) is 3.94. The fourth-order valence-corrected chi connectivity index (χ4v) is 8.37. The monoisotopic (exact) mass is 679 g/mol. The molecule has 3 aromatic carbocycles. The lowest BCUT2D eigenvalue weighted by Crippen LogP contribution is -2.51. The summed E-state index contributed by atoms with van der Waals surface area (Å²) in [4.78, 5) is 14.2. The summed E-state index contributed by atoms with van der Waals surface area (Å²) in [7, 11) is 1.76. The van der Waals surface area contributed by atoms with Gasteiger partial charge in [0.2, 0.25) is 0 Å². The Bertz CT molecular complexity index is 2280. The number of phenols is 1. The molecule has 0 unspecified atom stereocenters. The van der Waals surface area contributed by atoms with Crippen molar-refractivity contribution in [1.82, 2.24) is 30.0 Å². The first-order chi connectivity index (χ1) is 24.2. The highest BCUT2D eigenvalue weighted by molar-refractivity contribution is 6.18. The second-order valence-corrected chi connectivity index (χ2v) is 14.5. The van der Waals surface area contributed by atoms with Crippen LogP contribution >= 0.6 is 0 Å². The minimum absolute atomic E-state index is 0.0355. The number of nitrogens with zero attached hydrogens (tertiary/aromatic N) is 6. The average Bonchev–Trinajstić information content (AvgIpc) is 3.35. The molecule has 50 heavy (non-hydrogen) atoms. The Hall–Kier alpha value is -4.86. The number of phenolic OH excluding ortho intramolecular Hbond substituents is 1. The summed E-state index contributed by atoms with van der Waals surface area (Å²) in [5.41, 5.74) is 1.29. The quantitative estimate of drug-likeness (QED) is 0.204. The van der Waals surface area contributed by atoms with Crippen LogP contribution in [-0.4, -0.2) is 81.2 Å². The molecule has 1 aliphatic carbocycles. The molecule has 256 valence electrons. The van der Waals surface area contributed by atoms with Gasteiger partial charge in [0.1, 0.15) is 28.4 Å². The van der Waals surface area contributed by atoms with Crippen LogP contribution in [-0.2, 0) is 7.05 Å². The summed E-state index contributed by atoms with van der Waals surface area (Å²) in [6.07, 6.45) is 13.1. The normalized spacial score (nSPS) is 22.3. The minimum Gasteiger partial charge on any atom is -0.508 e. The predicted octanol–water partition coefficient (Wildman–Crippen LogP) is 5.96. The third kappa shape index (κ3) is 5.14. The third-order valence-corrected chi connectivity index (χ3v) is 11.0. The number of aromatic nitrogens is 4. The maximum atomic E-state index is 17.5. The number of benzene rings is 3. The van der Waals surface area contributed by atoms with Crippen LogP contribution in [0.5, 0.6) is 11.8 Å². The Morgan fingerprint density at radius 1 is 1.12 bits per heavy atom. The van der Waals surface area contributed by atoms with E-state index in [9.17, 15) is 9.50 Å². The summed E-state index contributed by atoms with van der Waals surface area (Å²) >= 11 is 0. The van der Waals surface area contributed by atoms with E-state index in [1.54, 1.807) is 11.7 Å². The molecule has 9 nitrogen and oxygen atoms in total. The van der Waals surface area contributed by atoms with Crippen LogP contribution in [0.15, 0.2) is 42.4 Å². The number of fused-ring (bicyclic) bond motifs is 6. The van der Waals surface area contributed by atoms with Gasteiger partial charge in [-0.3, -0.25) is 9.58 Å². The Kier molecular flexibility index (Phi) is 7.23. The topological polar surface area (TPSA) is 91.6 Å². The zero-order valence-electron chi connectivity index (χ0n) is 27.6. The van der Waals surface area contributed by atoms with Gasteiger partial charge in [-0.2, -0.15) is 15.1 Å². The molecule has 4 aliphatic rings. The molecule has 0 amide bonds. The Balaban J connectivity index is 1.23. The van der Waals surface area contributed by atoms with E-state index in [0.29, 0.717) is 65.5 Å². The molecule has 5 aromatic rings. The first-order valence-electron chi connectivity index (χ1n) is 17.2. The Morgan fingerprint density at radius 2 is 1.92 bits per heavy atom. The van der Waals surface area contributed by atoms with Crippen molar-refractivity contribution >= 4 is 38.4 Å². The van der Waals surface area contributed by atoms with Gasteiger partial charge in [0, 0.05) is 79.8 Å². The molecule has 3 saturated heterocycles. The number of ether oxygens (including phenoxy) is 1. The molecule has 2 aromatic heterocycles. The van der Waals surface area contributed by atoms with Crippen molar-refractivity contribution in [1.29, 1.82) is 0 Å².